The zero-order valence-corrected chi connectivity index (χ0v) is 13.6. The molecule has 0 saturated carbocycles. The van der Waals surface area contributed by atoms with Crippen LogP contribution in [0.3, 0.4) is 0 Å². The minimum absolute atomic E-state index is 0.0124. The monoisotopic (exact) mass is 333 g/mol. The quantitative estimate of drug-likeness (QED) is 0.814. The molecule has 2 N–H and O–H groups in total. The molecule has 5 nitrogen and oxygen atoms in total. The van der Waals surface area contributed by atoms with E-state index >= 15 is 0 Å². The maximum absolute atomic E-state index is 11.8. The number of benzene rings is 2. The number of aliphatic carboxylic acids is 1. The van der Waals surface area contributed by atoms with Gasteiger partial charge in [0.05, 0.1) is 4.90 Å². The van der Waals surface area contributed by atoms with Crippen molar-refractivity contribution in [3.8, 4) is 0 Å². The van der Waals surface area contributed by atoms with Gasteiger partial charge in [-0.1, -0.05) is 31.2 Å². The largest absolute Gasteiger partial charge is 0.480 e. The van der Waals surface area contributed by atoms with Gasteiger partial charge in [0.1, 0.15) is 0 Å². The molecule has 0 aliphatic heterocycles. The van der Waals surface area contributed by atoms with Crippen LogP contribution in [0.15, 0.2) is 53.4 Å². The maximum Gasteiger partial charge on any atom is 0.319 e. The number of anilines is 1. The Hall–Kier alpha value is -2.34. The molecular weight excluding hydrogens is 314 g/mol. The number of hydrogen-bond acceptors (Lipinski definition) is 4. The first-order chi connectivity index (χ1) is 10.9. The topological polar surface area (TPSA) is 83.5 Å². The van der Waals surface area contributed by atoms with E-state index < -0.39 is 21.6 Å². The van der Waals surface area contributed by atoms with E-state index in [1.165, 1.54) is 17.7 Å². The zero-order valence-electron chi connectivity index (χ0n) is 12.8. The summed E-state index contributed by atoms with van der Waals surface area (Å²) in [4.78, 5) is 10.6. The summed E-state index contributed by atoms with van der Waals surface area (Å²) in [7, 11) is -3.78. The Morgan fingerprint density at radius 1 is 1.09 bits per heavy atom. The maximum atomic E-state index is 11.8. The van der Waals surface area contributed by atoms with Gasteiger partial charge in [0.15, 0.2) is 15.6 Å². The van der Waals surface area contributed by atoms with Gasteiger partial charge in [-0.05, 0) is 41.8 Å². The van der Waals surface area contributed by atoms with Crippen LogP contribution in [-0.2, 0) is 27.6 Å². The second-order valence-electron chi connectivity index (χ2n) is 5.20. The van der Waals surface area contributed by atoms with Crippen LogP contribution in [0.25, 0.3) is 0 Å². The summed E-state index contributed by atoms with van der Waals surface area (Å²) in [6.07, 6.45) is 0.976. The number of carboxylic acid groups (broad SMARTS) is 1. The van der Waals surface area contributed by atoms with E-state index in [1.54, 1.807) is 12.1 Å². The Morgan fingerprint density at radius 2 is 1.74 bits per heavy atom. The SMILES string of the molecule is CCc1cccc(CNc2ccc(S(=O)(=O)CC(=O)O)cc2)c1. The lowest BCUT2D eigenvalue weighted by molar-refractivity contribution is -0.134. The molecule has 0 saturated heterocycles. The van der Waals surface area contributed by atoms with Gasteiger partial charge in [0.2, 0.25) is 0 Å². The molecule has 6 heteroatoms. The van der Waals surface area contributed by atoms with Crippen molar-refractivity contribution in [2.45, 2.75) is 24.8 Å². The molecule has 0 aliphatic carbocycles. The lowest BCUT2D eigenvalue weighted by atomic mass is 10.1. The second-order valence-corrected chi connectivity index (χ2v) is 7.19. The third-order valence-electron chi connectivity index (χ3n) is 3.42. The van der Waals surface area contributed by atoms with Crippen molar-refractivity contribution in [3.63, 3.8) is 0 Å². The molecule has 0 aromatic heterocycles. The Kier molecular flexibility index (Phi) is 5.39. The van der Waals surface area contributed by atoms with Crippen molar-refractivity contribution in [1.82, 2.24) is 0 Å². The fraction of sp³-hybridized carbons (Fsp3) is 0.235. The van der Waals surface area contributed by atoms with Crippen molar-refractivity contribution in [2.24, 2.45) is 0 Å². The number of carbonyl (C=O) groups is 1. The first-order valence-electron chi connectivity index (χ1n) is 7.27. The lowest BCUT2D eigenvalue weighted by Gasteiger charge is -2.09. The highest BCUT2D eigenvalue weighted by atomic mass is 32.2. The molecule has 2 aromatic rings. The predicted molar refractivity (Wildman–Crippen MR) is 89.3 cm³/mol. The molecule has 2 rings (SSSR count). The van der Waals surface area contributed by atoms with E-state index in [-0.39, 0.29) is 4.90 Å². The molecule has 0 spiro atoms. The lowest BCUT2D eigenvalue weighted by Crippen LogP contribution is -2.15. The van der Waals surface area contributed by atoms with Gasteiger partial charge in [0.25, 0.3) is 0 Å². The number of carboxylic acids is 1. The van der Waals surface area contributed by atoms with Crippen molar-refractivity contribution < 1.29 is 18.3 Å². The molecule has 0 aliphatic rings. The van der Waals surface area contributed by atoms with Crippen molar-refractivity contribution >= 4 is 21.5 Å². The highest BCUT2D eigenvalue weighted by Gasteiger charge is 2.18. The summed E-state index contributed by atoms with van der Waals surface area (Å²) in [5.41, 5.74) is 3.19. The standard InChI is InChI=1S/C17H19NO4S/c1-2-13-4-3-5-14(10-13)11-18-15-6-8-16(9-7-15)23(21,22)12-17(19)20/h3-10,18H,2,11-12H2,1H3,(H,19,20). The van der Waals surface area contributed by atoms with E-state index in [9.17, 15) is 13.2 Å². The third-order valence-corrected chi connectivity index (χ3v) is 5.04. The van der Waals surface area contributed by atoms with Gasteiger partial charge in [-0.15, -0.1) is 0 Å². The number of hydrogen-bond donors (Lipinski definition) is 2. The first-order valence-corrected chi connectivity index (χ1v) is 8.92. The minimum atomic E-state index is -3.78. The van der Waals surface area contributed by atoms with E-state index in [1.807, 2.05) is 12.1 Å². The van der Waals surface area contributed by atoms with Gasteiger partial charge in [-0.3, -0.25) is 4.79 Å². The summed E-state index contributed by atoms with van der Waals surface area (Å²) >= 11 is 0. The summed E-state index contributed by atoms with van der Waals surface area (Å²) in [5, 5.41) is 11.8. The van der Waals surface area contributed by atoms with Crippen molar-refractivity contribution in [2.75, 3.05) is 11.1 Å². The van der Waals surface area contributed by atoms with Crippen molar-refractivity contribution in [3.05, 3.63) is 59.7 Å². The molecule has 0 fully saturated rings. The molecule has 0 unspecified atom stereocenters. The summed E-state index contributed by atoms with van der Waals surface area (Å²) in [5.74, 6) is -2.26. The van der Waals surface area contributed by atoms with Crippen LogP contribution >= 0.6 is 0 Å². The Balaban J connectivity index is 2.04. The Bertz CT molecular complexity index is 782. The van der Waals surface area contributed by atoms with Gasteiger partial charge < -0.3 is 10.4 Å². The van der Waals surface area contributed by atoms with E-state index in [2.05, 4.69) is 24.4 Å². The Labute approximate surface area is 135 Å². The zero-order chi connectivity index (χ0) is 16.9. The number of sulfone groups is 1. The van der Waals surface area contributed by atoms with Crippen LogP contribution in [0.4, 0.5) is 5.69 Å². The van der Waals surface area contributed by atoms with Gasteiger partial charge in [-0.2, -0.15) is 0 Å². The molecule has 0 amide bonds. The molecule has 0 heterocycles. The smallest absolute Gasteiger partial charge is 0.319 e. The predicted octanol–water partition coefficient (Wildman–Crippen LogP) is 2.72. The van der Waals surface area contributed by atoms with Crippen LogP contribution in [0, 0.1) is 0 Å². The van der Waals surface area contributed by atoms with Gasteiger partial charge in [-0.25, -0.2) is 8.42 Å². The summed E-state index contributed by atoms with van der Waals surface area (Å²) in [6, 6.07) is 14.3. The number of aryl methyl sites for hydroxylation is 1. The number of nitrogens with one attached hydrogen (secondary N) is 1. The third kappa shape index (κ3) is 4.82. The van der Waals surface area contributed by atoms with Gasteiger partial charge in [0, 0.05) is 12.2 Å². The minimum Gasteiger partial charge on any atom is -0.480 e. The number of rotatable bonds is 7. The Morgan fingerprint density at radius 3 is 2.35 bits per heavy atom. The van der Waals surface area contributed by atoms with E-state index in [0.717, 1.165) is 17.7 Å². The van der Waals surface area contributed by atoms with Crippen LogP contribution in [0.1, 0.15) is 18.1 Å². The van der Waals surface area contributed by atoms with Crippen LogP contribution < -0.4 is 5.32 Å². The van der Waals surface area contributed by atoms with Crippen LogP contribution in [0.5, 0.6) is 0 Å². The van der Waals surface area contributed by atoms with Gasteiger partial charge >= 0.3 is 5.97 Å². The van der Waals surface area contributed by atoms with Crippen molar-refractivity contribution in [1.29, 1.82) is 0 Å². The molecule has 23 heavy (non-hydrogen) atoms. The summed E-state index contributed by atoms with van der Waals surface area (Å²) in [6.45, 7) is 2.73. The second kappa shape index (κ2) is 7.28. The average molecular weight is 333 g/mol. The summed E-state index contributed by atoms with van der Waals surface area (Å²) < 4.78 is 23.6. The van der Waals surface area contributed by atoms with Crippen LogP contribution in [-0.4, -0.2) is 25.2 Å². The molecule has 0 atom stereocenters. The highest BCUT2D eigenvalue weighted by Crippen LogP contribution is 2.16. The fourth-order valence-corrected chi connectivity index (χ4v) is 3.23. The molecule has 2 aromatic carbocycles. The molecule has 0 radical (unpaired) electrons. The molecule has 122 valence electrons. The van der Waals surface area contributed by atoms with E-state index in [4.69, 9.17) is 5.11 Å². The highest BCUT2D eigenvalue weighted by molar-refractivity contribution is 7.92. The average Bonchev–Trinajstić information content (AvgIpc) is 2.52. The molecular formula is C17H19NO4S. The normalized spacial score (nSPS) is 11.2. The molecule has 0 bridgehead atoms. The van der Waals surface area contributed by atoms with Crippen LogP contribution in [0.2, 0.25) is 0 Å². The van der Waals surface area contributed by atoms with E-state index in [0.29, 0.717) is 6.54 Å². The first kappa shape index (κ1) is 17.0. The fourth-order valence-electron chi connectivity index (χ4n) is 2.19.